The third-order valence-corrected chi connectivity index (χ3v) is 5.70. The Morgan fingerprint density at radius 3 is 2.24 bits per heavy atom. The quantitative estimate of drug-likeness (QED) is 0.746. The van der Waals surface area contributed by atoms with Crippen molar-refractivity contribution in [2.45, 2.75) is 84.1 Å². The molecule has 0 bridgehead atoms. The first-order chi connectivity index (χ1) is 10.1. The van der Waals surface area contributed by atoms with Crippen molar-refractivity contribution in [3.63, 3.8) is 0 Å². The fraction of sp³-hybridized carbons (Fsp3) is 1.00. The van der Waals surface area contributed by atoms with Crippen molar-refractivity contribution in [1.82, 2.24) is 10.2 Å². The summed E-state index contributed by atoms with van der Waals surface area (Å²) < 4.78 is 0. The number of hydrogen-bond acceptors (Lipinski definition) is 2. The van der Waals surface area contributed by atoms with Gasteiger partial charge in [-0.15, -0.1) is 0 Å². The summed E-state index contributed by atoms with van der Waals surface area (Å²) in [6.45, 7) is 8.43. The zero-order valence-electron chi connectivity index (χ0n) is 14.8. The molecular formula is C19H38N2. The van der Waals surface area contributed by atoms with Crippen LogP contribution in [-0.2, 0) is 0 Å². The van der Waals surface area contributed by atoms with E-state index in [0.29, 0.717) is 11.5 Å². The van der Waals surface area contributed by atoms with Crippen LogP contribution in [0.4, 0.5) is 0 Å². The van der Waals surface area contributed by atoms with Crippen LogP contribution < -0.4 is 5.32 Å². The minimum Gasteiger partial charge on any atom is -0.314 e. The van der Waals surface area contributed by atoms with E-state index in [0.717, 1.165) is 5.92 Å². The van der Waals surface area contributed by atoms with Crippen molar-refractivity contribution in [2.75, 3.05) is 26.7 Å². The van der Waals surface area contributed by atoms with Gasteiger partial charge in [0, 0.05) is 25.7 Å². The second-order valence-corrected chi connectivity index (χ2v) is 8.30. The normalized spacial score (nSPS) is 23.9. The Balaban J connectivity index is 1.84. The van der Waals surface area contributed by atoms with Gasteiger partial charge in [0.05, 0.1) is 0 Å². The summed E-state index contributed by atoms with van der Waals surface area (Å²) in [7, 11) is 2.38. The lowest BCUT2D eigenvalue weighted by Gasteiger charge is -2.42. The van der Waals surface area contributed by atoms with E-state index < -0.39 is 0 Å². The number of nitrogens with one attached hydrogen (secondary N) is 1. The molecule has 0 unspecified atom stereocenters. The molecule has 2 aliphatic carbocycles. The molecule has 0 saturated heterocycles. The highest BCUT2D eigenvalue weighted by Crippen LogP contribution is 2.37. The van der Waals surface area contributed by atoms with E-state index in [1.165, 1.54) is 83.8 Å². The molecular weight excluding hydrogens is 256 g/mol. The van der Waals surface area contributed by atoms with E-state index in [1.54, 1.807) is 0 Å². The summed E-state index contributed by atoms with van der Waals surface area (Å²) in [5, 5.41) is 3.74. The molecule has 2 rings (SSSR count). The Morgan fingerprint density at radius 1 is 1.00 bits per heavy atom. The predicted molar refractivity (Wildman–Crippen MR) is 92.7 cm³/mol. The van der Waals surface area contributed by atoms with Crippen LogP contribution in [0, 0.1) is 11.3 Å². The van der Waals surface area contributed by atoms with Crippen LogP contribution >= 0.6 is 0 Å². The van der Waals surface area contributed by atoms with E-state index in [4.69, 9.17) is 0 Å². The number of nitrogens with zero attached hydrogens (tertiary/aromatic N) is 1. The molecule has 2 nitrogen and oxygen atoms in total. The van der Waals surface area contributed by atoms with E-state index in [9.17, 15) is 0 Å². The van der Waals surface area contributed by atoms with Crippen molar-refractivity contribution < 1.29 is 0 Å². The zero-order valence-corrected chi connectivity index (χ0v) is 14.8. The third kappa shape index (κ3) is 5.90. The highest BCUT2D eigenvalue weighted by Gasteiger charge is 2.33. The van der Waals surface area contributed by atoms with Gasteiger partial charge in [0.1, 0.15) is 0 Å². The maximum Gasteiger partial charge on any atom is 0.00472 e. The third-order valence-electron chi connectivity index (χ3n) is 5.70. The molecule has 0 aromatic rings. The SMILES string of the molecule is CC(C)NCC1(CN(C)CC2CCCCC2)CCCCC1. The van der Waals surface area contributed by atoms with Gasteiger partial charge in [-0.25, -0.2) is 0 Å². The monoisotopic (exact) mass is 294 g/mol. The van der Waals surface area contributed by atoms with Crippen molar-refractivity contribution in [3.05, 3.63) is 0 Å². The van der Waals surface area contributed by atoms with Gasteiger partial charge < -0.3 is 10.2 Å². The maximum atomic E-state index is 3.74. The van der Waals surface area contributed by atoms with Crippen LogP contribution in [-0.4, -0.2) is 37.6 Å². The molecule has 2 fully saturated rings. The number of hydrogen-bond donors (Lipinski definition) is 1. The average molecular weight is 295 g/mol. The van der Waals surface area contributed by atoms with Crippen molar-refractivity contribution in [1.29, 1.82) is 0 Å². The average Bonchev–Trinajstić information content (AvgIpc) is 2.47. The van der Waals surface area contributed by atoms with E-state index >= 15 is 0 Å². The zero-order chi connectivity index (χ0) is 15.1. The molecule has 0 aromatic heterocycles. The fourth-order valence-electron chi connectivity index (χ4n) is 4.56. The minimum atomic E-state index is 0.548. The molecule has 0 aliphatic heterocycles. The summed E-state index contributed by atoms with van der Waals surface area (Å²) >= 11 is 0. The largest absolute Gasteiger partial charge is 0.314 e. The van der Waals surface area contributed by atoms with Crippen LogP contribution in [0.1, 0.15) is 78.1 Å². The Bertz CT molecular complexity index is 275. The fourth-order valence-corrected chi connectivity index (χ4v) is 4.56. The van der Waals surface area contributed by atoms with E-state index in [-0.39, 0.29) is 0 Å². The molecule has 1 N–H and O–H groups in total. The van der Waals surface area contributed by atoms with Gasteiger partial charge in [-0.1, -0.05) is 52.4 Å². The smallest absolute Gasteiger partial charge is 0.00472 e. The van der Waals surface area contributed by atoms with Gasteiger partial charge in [0.25, 0.3) is 0 Å². The van der Waals surface area contributed by atoms with Crippen LogP contribution in [0.15, 0.2) is 0 Å². The minimum absolute atomic E-state index is 0.548. The first-order valence-electron chi connectivity index (χ1n) is 9.52. The summed E-state index contributed by atoms with van der Waals surface area (Å²) in [5.41, 5.74) is 0.548. The molecule has 21 heavy (non-hydrogen) atoms. The lowest BCUT2D eigenvalue weighted by molar-refractivity contribution is 0.100. The van der Waals surface area contributed by atoms with Gasteiger partial charge >= 0.3 is 0 Å². The molecule has 0 atom stereocenters. The van der Waals surface area contributed by atoms with Crippen LogP contribution in [0.5, 0.6) is 0 Å². The Labute approximate surface area is 133 Å². The molecule has 124 valence electrons. The molecule has 0 aromatic carbocycles. The summed E-state index contributed by atoms with van der Waals surface area (Å²) in [5.74, 6) is 0.974. The molecule has 0 amide bonds. The first kappa shape index (κ1) is 17.3. The summed E-state index contributed by atoms with van der Waals surface area (Å²) in [6, 6.07) is 0.618. The van der Waals surface area contributed by atoms with Gasteiger partial charge in [-0.05, 0) is 44.1 Å². The van der Waals surface area contributed by atoms with Crippen LogP contribution in [0.3, 0.4) is 0 Å². The van der Waals surface area contributed by atoms with Gasteiger partial charge in [0.15, 0.2) is 0 Å². The Morgan fingerprint density at radius 2 is 1.62 bits per heavy atom. The van der Waals surface area contributed by atoms with Crippen molar-refractivity contribution in [2.24, 2.45) is 11.3 Å². The van der Waals surface area contributed by atoms with Crippen LogP contribution in [0.2, 0.25) is 0 Å². The van der Waals surface area contributed by atoms with E-state index in [2.05, 4.69) is 31.1 Å². The maximum absolute atomic E-state index is 3.74. The second kappa shape index (κ2) is 8.53. The number of rotatable bonds is 7. The molecule has 0 radical (unpaired) electrons. The van der Waals surface area contributed by atoms with Gasteiger partial charge in [-0.2, -0.15) is 0 Å². The topological polar surface area (TPSA) is 15.3 Å². The van der Waals surface area contributed by atoms with Crippen LogP contribution in [0.25, 0.3) is 0 Å². The van der Waals surface area contributed by atoms with Crippen molar-refractivity contribution in [3.8, 4) is 0 Å². The second-order valence-electron chi connectivity index (χ2n) is 8.30. The first-order valence-corrected chi connectivity index (χ1v) is 9.52. The standard InChI is InChI=1S/C19H38N2/c1-17(2)20-15-19(12-8-5-9-13-19)16-21(3)14-18-10-6-4-7-11-18/h17-18,20H,4-16H2,1-3H3. The lowest BCUT2D eigenvalue weighted by Crippen LogP contribution is -2.46. The van der Waals surface area contributed by atoms with Crippen molar-refractivity contribution >= 4 is 0 Å². The molecule has 2 heteroatoms. The Hall–Kier alpha value is -0.0800. The predicted octanol–water partition coefficient (Wildman–Crippen LogP) is 4.45. The summed E-state index contributed by atoms with van der Waals surface area (Å²) in [6.07, 6.45) is 14.6. The van der Waals surface area contributed by atoms with E-state index in [1.807, 2.05) is 0 Å². The summed E-state index contributed by atoms with van der Waals surface area (Å²) in [4.78, 5) is 2.67. The highest BCUT2D eigenvalue weighted by atomic mass is 15.1. The van der Waals surface area contributed by atoms with Gasteiger partial charge in [-0.3, -0.25) is 0 Å². The molecule has 2 aliphatic rings. The van der Waals surface area contributed by atoms with Gasteiger partial charge in [0.2, 0.25) is 0 Å². The molecule has 0 spiro atoms. The molecule has 0 heterocycles. The Kier molecular flexibility index (Phi) is 7.01. The molecule has 2 saturated carbocycles. The lowest BCUT2D eigenvalue weighted by atomic mass is 9.73. The highest BCUT2D eigenvalue weighted by molar-refractivity contribution is 4.88.